The van der Waals surface area contributed by atoms with Crippen LogP contribution >= 0.6 is 69.6 Å². The molecule has 0 atom stereocenters. The van der Waals surface area contributed by atoms with Crippen LogP contribution in [0.1, 0.15) is 61.5 Å². The number of rotatable bonds is 5. The van der Waals surface area contributed by atoms with Crippen molar-refractivity contribution >= 4 is 258 Å². The maximum Gasteiger partial charge on any atom is 0.0526 e. The number of carbonyl (C=O) groups is 5. The molecular formula is C96H63IN4O5S4Se5. The fourth-order valence-corrected chi connectivity index (χ4v) is 26.1. The van der Waals surface area contributed by atoms with Gasteiger partial charge < -0.3 is 5.32 Å². The number of aldehydes is 1. The van der Waals surface area contributed by atoms with Crippen molar-refractivity contribution in [3.05, 3.63) is 386 Å². The van der Waals surface area contributed by atoms with Gasteiger partial charge in [0.15, 0.2) is 11.6 Å². The van der Waals surface area contributed by atoms with Crippen LogP contribution in [0.4, 0.5) is 59.2 Å². The average Bonchev–Trinajstić information content (AvgIpc) is 1.53. The van der Waals surface area contributed by atoms with Crippen molar-refractivity contribution < 1.29 is 24.0 Å². The molecule has 0 radical (unpaired) electrons. The molecule has 558 valence electrons. The molecule has 0 fully saturated rings. The first-order valence-electron chi connectivity index (χ1n) is 36.4. The summed E-state index contributed by atoms with van der Waals surface area (Å²) in [5, 5.41) is 7.39. The zero-order valence-electron chi connectivity index (χ0n) is 60.8. The number of nitrogens with zero attached hydrogens (tertiary/aromatic N) is 3. The minimum atomic E-state index is -0.175. The predicted octanol–water partition coefficient (Wildman–Crippen LogP) is 25.1. The zero-order valence-corrected chi connectivity index (χ0v) is 74.8. The normalized spacial score (nSPS) is 13.0. The molecule has 0 amide bonds. The number of allylic oxidation sites excluding steroid dienone is 1. The van der Waals surface area contributed by atoms with Gasteiger partial charge >= 0.3 is 562 Å². The molecule has 5 aromatic heterocycles. The van der Waals surface area contributed by atoms with Gasteiger partial charge in [-0.1, -0.05) is 60.3 Å². The predicted molar refractivity (Wildman–Crippen MR) is 490 cm³/mol. The minimum absolute atomic E-state index is 0.0334. The number of hydrogen-bond acceptors (Lipinski definition) is 13. The van der Waals surface area contributed by atoms with Gasteiger partial charge in [-0.05, 0) is 47.2 Å². The van der Waals surface area contributed by atoms with E-state index < -0.39 is 0 Å². The van der Waals surface area contributed by atoms with Gasteiger partial charge in [-0.2, -0.15) is 0 Å². The zero-order chi connectivity index (χ0) is 78.1. The number of carbonyl (C=O) groups excluding carboxylic acids is 5. The summed E-state index contributed by atoms with van der Waals surface area (Å²) in [7, 11) is 0. The number of Topliss-reactive ketones (excluding diaryl/α,β-unsaturated/α-hetero) is 4. The van der Waals surface area contributed by atoms with E-state index >= 15 is 0 Å². The van der Waals surface area contributed by atoms with Gasteiger partial charge in [0, 0.05) is 20.9 Å². The Labute approximate surface area is 726 Å². The van der Waals surface area contributed by atoms with Crippen molar-refractivity contribution in [1.82, 2.24) is 0 Å². The van der Waals surface area contributed by atoms with E-state index in [4.69, 9.17) is 0 Å². The van der Waals surface area contributed by atoms with Gasteiger partial charge in [0.1, 0.15) is 0 Å². The average molecular weight is 2000 g/mol. The van der Waals surface area contributed by atoms with Gasteiger partial charge in [-0.25, -0.2) is 0 Å². The summed E-state index contributed by atoms with van der Waals surface area (Å²) in [6.45, 7) is 0. The number of ketones is 4. The third kappa shape index (κ3) is 17.4. The second-order valence-electron chi connectivity index (χ2n) is 26.2. The van der Waals surface area contributed by atoms with E-state index in [0.29, 0.717) is 65.8 Å². The van der Waals surface area contributed by atoms with Crippen molar-refractivity contribution in [1.29, 1.82) is 0 Å². The third-order valence-corrected chi connectivity index (χ3v) is 33.9. The molecule has 0 unspecified atom stereocenters. The number of nitrogens with one attached hydrogen (secondary N) is 1. The molecule has 23 rings (SSSR count). The van der Waals surface area contributed by atoms with Gasteiger partial charge in [-0.15, -0.1) is 0 Å². The van der Waals surface area contributed by atoms with Crippen LogP contribution in [0.25, 0.3) is 27.6 Å². The van der Waals surface area contributed by atoms with Gasteiger partial charge in [0.25, 0.3) is 0 Å². The smallest absolute Gasteiger partial charge is 0.0526 e. The number of hydrogen-bond donors (Lipinski definition) is 1. The van der Waals surface area contributed by atoms with E-state index in [1.165, 1.54) is 101 Å². The molecule has 6 aliphatic rings. The maximum atomic E-state index is 13.2. The van der Waals surface area contributed by atoms with Crippen LogP contribution in [0.2, 0.25) is 0 Å². The van der Waals surface area contributed by atoms with Crippen LogP contribution in [0.5, 0.6) is 0 Å². The summed E-state index contributed by atoms with van der Waals surface area (Å²) in [4.78, 5) is 86.6. The summed E-state index contributed by atoms with van der Waals surface area (Å²) >= 11 is 11.5. The quantitative estimate of drug-likeness (QED) is 0.0442. The molecule has 0 saturated heterocycles. The Balaban J connectivity index is 0.000000104. The standard InChI is InChI=1S/C30H17NO2SSe.C17H11NOSSe.C16H11NSSe.C13H8O2.C12H9NS.C4H3ISe.C4H4Se/c32-29-21-15-18-7-1-2-8-19(18)16-22(21)30(33)23(29)17-20-13-14-28(35-20)31-24-9-3-5-11-26(24)34-27-12-6-4-10-25(27)31;19-11-12-9-10-17(21-12)18-13-5-1-3-7-15(13)20-16-8-4-2-6-14(16)18;1-3-8-14-12(6-1)17(16-10-5-11-19-16)13-7-2-4-9-15(13)18-14;14-12-7-13(15)11-6-9-4-2-1-3-8(9)5-10(11)12;1-3-7-11-9(5-1)13-10-6-2-4-8-12(10)14-11;5-4-2-1-3-6-4;1-2-4-5-3-1/h1-17H;1-11H;1-11H;1-6H,7H2;1-8,13H;1-3H;1-4H. The number of fused-ring (bicyclic) bond motifs is 12. The van der Waals surface area contributed by atoms with Gasteiger partial charge in [0.05, 0.1) is 17.8 Å². The fourth-order valence-electron chi connectivity index (χ4n) is 13.7. The first-order chi connectivity index (χ1) is 56.5. The fraction of sp³-hybridized carbons (Fsp3) is 0.0104. The van der Waals surface area contributed by atoms with Crippen molar-refractivity contribution in [2.24, 2.45) is 0 Å². The molecular weight excluding hydrogens is 1940 g/mol. The number of para-hydroxylation sites is 8. The Morgan fingerprint density at radius 3 is 1.01 bits per heavy atom. The van der Waals surface area contributed by atoms with Crippen molar-refractivity contribution in [2.45, 2.75) is 45.6 Å². The molecule has 19 heteroatoms. The first-order valence-corrected chi connectivity index (χ1v) is 49.9. The molecule has 9 nitrogen and oxygen atoms in total. The number of halogens is 1. The summed E-state index contributed by atoms with van der Waals surface area (Å²) in [5.74, 6) is -0.460. The molecule has 0 spiro atoms. The van der Waals surface area contributed by atoms with Gasteiger partial charge in [0.2, 0.25) is 0 Å². The largest absolute Gasteiger partial charge is 0.354 e. The molecule has 0 saturated carbocycles. The van der Waals surface area contributed by atoms with E-state index in [1.54, 1.807) is 23.5 Å². The molecule has 4 aliphatic heterocycles. The topological polar surface area (TPSA) is 107 Å². The second-order valence-corrected chi connectivity index (χ2v) is 43.6. The summed E-state index contributed by atoms with van der Waals surface area (Å²) in [6, 6.07) is 112. The van der Waals surface area contributed by atoms with Crippen molar-refractivity contribution in [3.63, 3.8) is 0 Å². The van der Waals surface area contributed by atoms with Crippen LogP contribution in [-0.2, 0) is 0 Å². The van der Waals surface area contributed by atoms with E-state index in [-0.39, 0.29) is 64.1 Å². The maximum absolute atomic E-state index is 13.2. The summed E-state index contributed by atoms with van der Waals surface area (Å²) in [5.41, 5.74) is 12.2. The Morgan fingerprint density at radius 1 is 0.322 bits per heavy atom. The molecule has 12 aromatic carbocycles. The Bertz CT molecular complexity index is 6170. The first kappa shape index (κ1) is 78.1. The molecule has 2 aliphatic carbocycles. The summed E-state index contributed by atoms with van der Waals surface area (Å²) < 4.78 is 7.23. The summed E-state index contributed by atoms with van der Waals surface area (Å²) in [6.07, 6.45) is 2.82. The van der Waals surface area contributed by atoms with Crippen LogP contribution in [0.3, 0.4) is 0 Å². The van der Waals surface area contributed by atoms with Gasteiger partial charge in [-0.3, -0.25) is 9.59 Å². The minimum Gasteiger partial charge on any atom is -0.354 e. The van der Waals surface area contributed by atoms with E-state index in [9.17, 15) is 24.0 Å². The number of benzene rings is 12. The van der Waals surface area contributed by atoms with E-state index in [2.05, 4.69) is 311 Å². The third-order valence-electron chi connectivity index (χ3n) is 18.9. The Morgan fingerprint density at radius 2 is 0.661 bits per heavy atom. The number of anilines is 11. The van der Waals surface area contributed by atoms with Crippen molar-refractivity contribution in [2.75, 3.05) is 20.0 Å². The van der Waals surface area contributed by atoms with Crippen LogP contribution in [0, 0.1) is 2.44 Å². The van der Waals surface area contributed by atoms with E-state index in [1.807, 2.05) is 108 Å². The van der Waals surface area contributed by atoms with Crippen LogP contribution in [0.15, 0.2) is 392 Å². The Hall–Kier alpha value is -9.42. The molecule has 9 heterocycles. The van der Waals surface area contributed by atoms with Crippen molar-refractivity contribution in [3.8, 4) is 0 Å². The SMILES string of the molecule is Ic1ccc[se]1.O=C1C(=Cc2ccc(N3c4ccccc4Sc4ccccc43)[se]2)C(=O)c2cc3ccccc3cc21.O=C1CC(=O)c2cc3ccccc3cc21.O=Cc1ccc(N2c3ccccc3Sc3ccccc32)[se]1.c1c[se]c(N2c3ccccc3Sc3ccccc32)c1.c1cc[se]c1.c1ccc2c(c1)Nc1ccccc1S2. The Kier molecular flexibility index (Phi) is 24.7. The monoisotopic (exact) mass is 2010 g/mol. The van der Waals surface area contributed by atoms with Crippen LogP contribution < -0.4 is 20.0 Å². The molecule has 17 aromatic rings. The second kappa shape index (κ2) is 36.4. The molecule has 1 N–H and O–H groups in total. The van der Waals surface area contributed by atoms with Crippen LogP contribution in [-0.4, -0.2) is 102 Å². The molecule has 0 bridgehead atoms. The van der Waals surface area contributed by atoms with E-state index in [0.717, 1.165) is 36.7 Å². The molecule has 115 heavy (non-hydrogen) atoms.